The molecule has 1 aromatic heterocycles. The van der Waals surface area contributed by atoms with Crippen molar-refractivity contribution in [2.45, 2.75) is 19.0 Å². The Morgan fingerprint density at radius 1 is 1.20 bits per heavy atom. The van der Waals surface area contributed by atoms with Crippen LogP contribution in [0, 0.1) is 5.82 Å². The average Bonchev–Trinajstić information content (AvgIpc) is 2.46. The molecule has 4 heteroatoms. The Balaban J connectivity index is 1.81. The van der Waals surface area contributed by atoms with Crippen molar-refractivity contribution in [3.63, 3.8) is 0 Å². The summed E-state index contributed by atoms with van der Waals surface area (Å²) in [5, 5.41) is 0. The van der Waals surface area contributed by atoms with Gasteiger partial charge in [-0.05, 0) is 31.2 Å². The number of rotatable bonds is 6. The first-order chi connectivity index (χ1) is 9.65. The van der Waals surface area contributed by atoms with Crippen LogP contribution >= 0.6 is 0 Å². The quantitative estimate of drug-likeness (QED) is 0.880. The highest BCUT2D eigenvalue weighted by Gasteiger charge is 2.09. The molecule has 1 atom stereocenters. The zero-order valence-corrected chi connectivity index (χ0v) is 11.7. The van der Waals surface area contributed by atoms with Gasteiger partial charge in [0.25, 0.3) is 0 Å². The molecule has 0 amide bonds. The molecule has 3 nitrogen and oxygen atoms in total. The first-order valence-electron chi connectivity index (χ1n) is 6.74. The van der Waals surface area contributed by atoms with Crippen LogP contribution in [0.25, 0.3) is 0 Å². The molecule has 20 heavy (non-hydrogen) atoms. The molecule has 1 heterocycles. The van der Waals surface area contributed by atoms with E-state index in [0.717, 1.165) is 25.2 Å². The summed E-state index contributed by atoms with van der Waals surface area (Å²) in [7, 11) is 2.07. The molecule has 2 aromatic rings. The molecule has 106 valence electrons. The van der Waals surface area contributed by atoms with Gasteiger partial charge in [-0.3, -0.25) is 4.98 Å². The molecule has 2 rings (SSSR count). The summed E-state index contributed by atoms with van der Waals surface area (Å²) in [5.74, 6) is -0.331. The maximum atomic E-state index is 12.8. The normalized spacial score (nSPS) is 12.6. The Labute approximate surface area is 119 Å². The Hall–Kier alpha value is -1.78. The first-order valence-corrected chi connectivity index (χ1v) is 6.74. The van der Waals surface area contributed by atoms with E-state index < -0.39 is 0 Å². The topological polar surface area (TPSA) is 42.1 Å². The van der Waals surface area contributed by atoms with Crippen molar-refractivity contribution in [1.29, 1.82) is 0 Å². The molecule has 0 saturated carbocycles. The molecule has 2 N–H and O–H groups in total. The lowest BCUT2D eigenvalue weighted by Gasteiger charge is -2.19. The molecule has 1 aromatic carbocycles. The number of hydrogen-bond acceptors (Lipinski definition) is 3. The summed E-state index contributed by atoms with van der Waals surface area (Å²) in [6.45, 7) is 1.76. The summed E-state index contributed by atoms with van der Waals surface area (Å²) in [4.78, 5) is 6.24. The smallest absolute Gasteiger partial charge is 0.141 e. The SMILES string of the molecule is CN(CCC(N)c1ccc(F)cn1)Cc1ccccc1. The van der Waals surface area contributed by atoms with Crippen molar-refractivity contribution in [3.05, 3.63) is 65.7 Å². The lowest BCUT2D eigenvalue weighted by atomic mass is 10.1. The van der Waals surface area contributed by atoms with Crippen LogP contribution in [0.3, 0.4) is 0 Å². The summed E-state index contributed by atoms with van der Waals surface area (Å²) in [6, 6.07) is 13.2. The van der Waals surface area contributed by atoms with Gasteiger partial charge in [-0.15, -0.1) is 0 Å². The van der Waals surface area contributed by atoms with E-state index in [1.54, 1.807) is 6.07 Å². The van der Waals surface area contributed by atoms with E-state index in [-0.39, 0.29) is 11.9 Å². The highest BCUT2D eigenvalue weighted by Crippen LogP contribution is 2.12. The second-order valence-corrected chi connectivity index (χ2v) is 5.02. The standard InChI is InChI=1S/C16H20FN3/c1-20(12-13-5-3-2-4-6-13)10-9-15(18)16-8-7-14(17)11-19-16/h2-8,11,15H,9-10,12,18H2,1H3. The predicted octanol–water partition coefficient (Wildman–Crippen LogP) is 2.74. The zero-order valence-electron chi connectivity index (χ0n) is 11.7. The van der Waals surface area contributed by atoms with Crippen molar-refractivity contribution in [3.8, 4) is 0 Å². The van der Waals surface area contributed by atoms with Crippen molar-refractivity contribution in [1.82, 2.24) is 9.88 Å². The van der Waals surface area contributed by atoms with Gasteiger partial charge in [-0.2, -0.15) is 0 Å². The largest absolute Gasteiger partial charge is 0.323 e. The molecule has 0 spiro atoms. The summed E-state index contributed by atoms with van der Waals surface area (Å²) in [5.41, 5.74) is 8.09. The van der Waals surface area contributed by atoms with Gasteiger partial charge < -0.3 is 10.6 Å². The molecular formula is C16H20FN3. The van der Waals surface area contributed by atoms with Gasteiger partial charge in [0, 0.05) is 19.1 Å². The van der Waals surface area contributed by atoms with Crippen molar-refractivity contribution < 1.29 is 4.39 Å². The minimum Gasteiger partial charge on any atom is -0.323 e. The molecule has 0 aliphatic rings. The molecule has 0 radical (unpaired) electrons. The van der Waals surface area contributed by atoms with E-state index in [4.69, 9.17) is 5.73 Å². The molecule has 0 bridgehead atoms. The molecule has 1 unspecified atom stereocenters. The van der Waals surface area contributed by atoms with Gasteiger partial charge in [0.05, 0.1) is 11.9 Å². The number of pyridine rings is 1. The number of nitrogens with two attached hydrogens (primary N) is 1. The fourth-order valence-electron chi connectivity index (χ4n) is 2.09. The van der Waals surface area contributed by atoms with Gasteiger partial charge in [-0.1, -0.05) is 30.3 Å². The number of hydrogen-bond donors (Lipinski definition) is 1. The van der Waals surface area contributed by atoms with E-state index in [9.17, 15) is 4.39 Å². The van der Waals surface area contributed by atoms with Crippen molar-refractivity contribution in [2.75, 3.05) is 13.6 Å². The highest BCUT2D eigenvalue weighted by molar-refractivity contribution is 5.14. The molecule has 0 aliphatic carbocycles. The second kappa shape index (κ2) is 7.12. The van der Waals surface area contributed by atoms with Gasteiger partial charge in [-0.25, -0.2) is 4.39 Å². The van der Waals surface area contributed by atoms with E-state index in [0.29, 0.717) is 0 Å². The Morgan fingerprint density at radius 3 is 2.60 bits per heavy atom. The Kier molecular flexibility index (Phi) is 5.21. The van der Waals surface area contributed by atoms with Crippen LogP contribution in [0.1, 0.15) is 23.7 Å². The zero-order chi connectivity index (χ0) is 14.4. The molecular weight excluding hydrogens is 253 g/mol. The Morgan fingerprint density at radius 2 is 1.95 bits per heavy atom. The van der Waals surface area contributed by atoms with E-state index in [1.807, 2.05) is 18.2 Å². The van der Waals surface area contributed by atoms with E-state index >= 15 is 0 Å². The maximum Gasteiger partial charge on any atom is 0.141 e. The predicted molar refractivity (Wildman–Crippen MR) is 78.5 cm³/mol. The average molecular weight is 273 g/mol. The second-order valence-electron chi connectivity index (χ2n) is 5.02. The first kappa shape index (κ1) is 14.6. The minimum absolute atomic E-state index is 0.158. The van der Waals surface area contributed by atoms with Crippen molar-refractivity contribution in [2.24, 2.45) is 5.73 Å². The third-order valence-corrected chi connectivity index (χ3v) is 3.25. The minimum atomic E-state index is -0.331. The third-order valence-electron chi connectivity index (χ3n) is 3.25. The highest BCUT2D eigenvalue weighted by atomic mass is 19.1. The number of aromatic nitrogens is 1. The summed E-state index contributed by atoms with van der Waals surface area (Å²) in [6.07, 6.45) is 2.00. The van der Waals surface area contributed by atoms with Gasteiger partial charge >= 0.3 is 0 Å². The van der Waals surface area contributed by atoms with Crippen LogP contribution in [-0.4, -0.2) is 23.5 Å². The van der Waals surface area contributed by atoms with Gasteiger partial charge in [0.2, 0.25) is 0 Å². The monoisotopic (exact) mass is 273 g/mol. The summed E-state index contributed by atoms with van der Waals surface area (Å²) >= 11 is 0. The fourth-order valence-corrected chi connectivity index (χ4v) is 2.09. The van der Waals surface area contributed by atoms with Crippen LogP contribution in [0.4, 0.5) is 4.39 Å². The number of benzene rings is 1. The van der Waals surface area contributed by atoms with Crippen LogP contribution in [0.2, 0.25) is 0 Å². The van der Waals surface area contributed by atoms with Crippen LogP contribution in [-0.2, 0) is 6.54 Å². The number of nitrogens with zero attached hydrogens (tertiary/aromatic N) is 2. The van der Waals surface area contributed by atoms with E-state index in [2.05, 4.69) is 29.1 Å². The van der Waals surface area contributed by atoms with Crippen molar-refractivity contribution >= 4 is 0 Å². The summed E-state index contributed by atoms with van der Waals surface area (Å²) < 4.78 is 12.8. The molecule has 0 aliphatic heterocycles. The maximum absolute atomic E-state index is 12.8. The van der Waals surface area contributed by atoms with Crippen LogP contribution in [0.5, 0.6) is 0 Å². The lowest BCUT2D eigenvalue weighted by Crippen LogP contribution is -2.23. The third kappa shape index (κ3) is 4.40. The lowest BCUT2D eigenvalue weighted by molar-refractivity contribution is 0.310. The van der Waals surface area contributed by atoms with Gasteiger partial charge in [0.15, 0.2) is 0 Å². The fraction of sp³-hybridized carbons (Fsp3) is 0.312. The van der Waals surface area contributed by atoms with Gasteiger partial charge in [0.1, 0.15) is 5.82 Å². The number of halogens is 1. The Bertz CT molecular complexity index is 513. The molecule has 0 saturated heterocycles. The van der Waals surface area contributed by atoms with Crippen LogP contribution < -0.4 is 5.73 Å². The van der Waals surface area contributed by atoms with E-state index in [1.165, 1.54) is 17.8 Å². The molecule has 0 fully saturated rings. The van der Waals surface area contributed by atoms with Crippen LogP contribution in [0.15, 0.2) is 48.7 Å².